The lowest BCUT2D eigenvalue weighted by molar-refractivity contribution is 0.0597. The summed E-state index contributed by atoms with van der Waals surface area (Å²) in [7, 11) is 1.32. The summed E-state index contributed by atoms with van der Waals surface area (Å²) in [6, 6.07) is 3.85. The lowest BCUT2D eigenvalue weighted by Gasteiger charge is -2.34. The molecule has 4 nitrogen and oxygen atoms in total. The zero-order valence-corrected chi connectivity index (χ0v) is 13.0. The normalized spacial score (nSPS) is 16.9. The first-order valence-corrected chi connectivity index (χ1v) is 7.49. The summed E-state index contributed by atoms with van der Waals surface area (Å²) >= 11 is 0. The number of carbonyl (C=O) groups excluding carboxylic acids is 1. The van der Waals surface area contributed by atoms with Gasteiger partial charge in [-0.05, 0) is 42.5 Å². The van der Waals surface area contributed by atoms with Crippen molar-refractivity contribution in [1.82, 2.24) is 4.90 Å². The quantitative estimate of drug-likeness (QED) is 0.648. The van der Waals surface area contributed by atoms with E-state index in [0.717, 1.165) is 43.5 Å². The number of carbonyl (C=O) groups is 1. The highest BCUT2D eigenvalue weighted by Gasteiger charge is 2.25. The molecule has 0 fully saturated rings. The second-order valence-electron chi connectivity index (χ2n) is 5.56. The minimum atomic E-state index is -0.503. The van der Waals surface area contributed by atoms with Crippen LogP contribution in [0.15, 0.2) is 37.4 Å². The maximum atomic E-state index is 11.7. The number of methoxy groups -OCH3 is 1. The lowest BCUT2D eigenvalue weighted by Crippen LogP contribution is -2.39. The van der Waals surface area contributed by atoms with Gasteiger partial charge in [-0.3, -0.25) is 4.90 Å². The summed E-state index contributed by atoms with van der Waals surface area (Å²) in [5.41, 5.74) is 2.45. The van der Waals surface area contributed by atoms with Crippen LogP contribution in [-0.2, 0) is 17.6 Å². The van der Waals surface area contributed by atoms with Crippen LogP contribution in [-0.4, -0.2) is 42.2 Å². The summed E-state index contributed by atoms with van der Waals surface area (Å²) < 4.78 is 4.72. The Balaban J connectivity index is 2.26. The first-order valence-electron chi connectivity index (χ1n) is 7.49. The van der Waals surface area contributed by atoms with E-state index in [0.29, 0.717) is 6.04 Å². The molecule has 22 heavy (non-hydrogen) atoms. The number of ether oxygens (including phenoxy) is 1. The SMILES string of the molecule is C=CCN(CC=C)C1CCc2cc(O)c(C(=O)OC)cc2C1. The van der Waals surface area contributed by atoms with Gasteiger partial charge in [0.2, 0.25) is 0 Å². The third-order valence-electron chi connectivity index (χ3n) is 4.17. The number of aryl methyl sites for hydroxylation is 1. The summed E-state index contributed by atoms with van der Waals surface area (Å²) in [6.45, 7) is 9.25. The van der Waals surface area contributed by atoms with E-state index < -0.39 is 5.97 Å². The highest BCUT2D eigenvalue weighted by atomic mass is 16.5. The summed E-state index contributed by atoms with van der Waals surface area (Å²) in [4.78, 5) is 14.0. The number of rotatable bonds is 6. The third-order valence-corrected chi connectivity index (χ3v) is 4.17. The Morgan fingerprint density at radius 2 is 2.05 bits per heavy atom. The maximum Gasteiger partial charge on any atom is 0.341 e. The fourth-order valence-corrected chi connectivity index (χ4v) is 3.07. The van der Waals surface area contributed by atoms with E-state index in [1.54, 1.807) is 12.1 Å². The monoisotopic (exact) mass is 301 g/mol. The van der Waals surface area contributed by atoms with Gasteiger partial charge in [0.1, 0.15) is 11.3 Å². The zero-order chi connectivity index (χ0) is 16.1. The first-order chi connectivity index (χ1) is 10.6. The van der Waals surface area contributed by atoms with Crippen molar-refractivity contribution in [2.24, 2.45) is 0 Å². The van der Waals surface area contributed by atoms with Crippen molar-refractivity contribution in [1.29, 1.82) is 0 Å². The second-order valence-corrected chi connectivity index (χ2v) is 5.56. The average molecular weight is 301 g/mol. The molecular weight excluding hydrogens is 278 g/mol. The number of aromatic hydroxyl groups is 1. The van der Waals surface area contributed by atoms with Gasteiger partial charge < -0.3 is 9.84 Å². The molecule has 1 aromatic carbocycles. The van der Waals surface area contributed by atoms with Crippen molar-refractivity contribution < 1.29 is 14.6 Å². The molecule has 1 aliphatic rings. The first kappa shape index (κ1) is 16.3. The zero-order valence-electron chi connectivity index (χ0n) is 13.0. The van der Waals surface area contributed by atoms with Gasteiger partial charge in [-0.2, -0.15) is 0 Å². The Morgan fingerprint density at radius 3 is 2.64 bits per heavy atom. The van der Waals surface area contributed by atoms with Crippen molar-refractivity contribution in [3.05, 3.63) is 54.1 Å². The second kappa shape index (κ2) is 7.27. The number of nitrogens with zero attached hydrogens (tertiary/aromatic N) is 1. The van der Waals surface area contributed by atoms with Gasteiger partial charge in [-0.25, -0.2) is 4.79 Å². The molecule has 0 aromatic heterocycles. The molecule has 4 heteroatoms. The smallest absolute Gasteiger partial charge is 0.341 e. The van der Waals surface area contributed by atoms with Gasteiger partial charge in [0, 0.05) is 19.1 Å². The molecule has 0 saturated carbocycles. The number of esters is 1. The number of hydrogen-bond acceptors (Lipinski definition) is 4. The standard InChI is InChI=1S/C18H23NO3/c1-4-8-19(9-5-2)15-7-6-13-12-17(20)16(18(21)22-3)11-14(13)10-15/h4-5,11-12,15,20H,1-2,6-10H2,3H3. The number of benzene rings is 1. The van der Waals surface area contributed by atoms with Crippen LogP contribution in [0.1, 0.15) is 27.9 Å². The fraction of sp³-hybridized carbons (Fsp3) is 0.389. The van der Waals surface area contributed by atoms with Gasteiger partial charge in [0.05, 0.1) is 7.11 Å². The predicted octanol–water partition coefficient (Wildman–Crippen LogP) is 2.71. The topological polar surface area (TPSA) is 49.8 Å². The average Bonchev–Trinajstić information content (AvgIpc) is 2.53. The summed E-state index contributed by atoms with van der Waals surface area (Å²) in [5.74, 6) is -0.505. The van der Waals surface area contributed by atoms with E-state index in [1.807, 2.05) is 12.2 Å². The van der Waals surface area contributed by atoms with Crippen LogP contribution < -0.4 is 0 Å². The molecule has 1 aliphatic carbocycles. The molecule has 0 saturated heterocycles. The van der Waals surface area contributed by atoms with Crippen LogP contribution in [0.3, 0.4) is 0 Å². The van der Waals surface area contributed by atoms with E-state index in [1.165, 1.54) is 7.11 Å². The molecule has 118 valence electrons. The molecule has 0 aliphatic heterocycles. The predicted molar refractivity (Wildman–Crippen MR) is 87.2 cm³/mol. The third kappa shape index (κ3) is 3.39. The number of phenols is 1. The Bertz CT molecular complexity index is 570. The lowest BCUT2D eigenvalue weighted by atomic mass is 9.86. The van der Waals surface area contributed by atoms with Gasteiger partial charge >= 0.3 is 5.97 Å². The molecule has 0 spiro atoms. The van der Waals surface area contributed by atoms with Gasteiger partial charge in [-0.15, -0.1) is 13.2 Å². The Labute approximate surface area is 131 Å². The molecule has 1 unspecified atom stereocenters. The molecule has 0 bridgehead atoms. The van der Waals surface area contributed by atoms with Crippen molar-refractivity contribution in [3.63, 3.8) is 0 Å². The highest BCUT2D eigenvalue weighted by Crippen LogP contribution is 2.30. The van der Waals surface area contributed by atoms with Crippen LogP contribution >= 0.6 is 0 Å². The number of phenolic OH excluding ortho intramolecular Hbond substituents is 1. The molecule has 0 heterocycles. The van der Waals surface area contributed by atoms with Crippen molar-refractivity contribution in [3.8, 4) is 5.75 Å². The van der Waals surface area contributed by atoms with E-state index in [9.17, 15) is 9.90 Å². The Morgan fingerprint density at radius 1 is 1.36 bits per heavy atom. The van der Waals surface area contributed by atoms with Crippen LogP contribution in [0.25, 0.3) is 0 Å². The Kier molecular flexibility index (Phi) is 5.39. The van der Waals surface area contributed by atoms with E-state index in [2.05, 4.69) is 18.1 Å². The molecule has 1 N–H and O–H groups in total. The van der Waals surface area contributed by atoms with Gasteiger partial charge in [0.15, 0.2) is 0 Å². The van der Waals surface area contributed by atoms with Crippen molar-refractivity contribution in [2.75, 3.05) is 20.2 Å². The molecule has 1 aromatic rings. The number of fused-ring (bicyclic) bond motifs is 1. The minimum absolute atomic E-state index is 0.00177. The molecule has 2 rings (SSSR count). The molecule has 1 atom stereocenters. The largest absolute Gasteiger partial charge is 0.507 e. The molecule has 0 amide bonds. The Hall–Kier alpha value is -2.07. The van der Waals surface area contributed by atoms with Crippen molar-refractivity contribution >= 4 is 5.97 Å². The highest BCUT2D eigenvalue weighted by molar-refractivity contribution is 5.92. The van der Waals surface area contributed by atoms with E-state index in [4.69, 9.17) is 4.74 Å². The fourth-order valence-electron chi connectivity index (χ4n) is 3.07. The summed E-state index contributed by atoms with van der Waals surface area (Å²) in [5, 5.41) is 9.97. The minimum Gasteiger partial charge on any atom is -0.507 e. The van der Waals surface area contributed by atoms with E-state index >= 15 is 0 Å². The molecule has 0 radical (unpaired) electrons. The summed E-state index contributed by atoms with van der Waals surface area (Å²) in [6.07, 6.45) is 6.55. The number of hydrogen-bond donors (Lipinski definition) is 1. The van der Waals surface area contributed by atoms with E-state index in [-0.39, 0.29) is 11.3 Å². The van der Waals surface area contributed by atoms with Crippen LogP contribution in [0, 0.1) is 0 Å². The molecular formula is C18H23NO3. The van der Waals surface area contributed by atoms with Crippen LogP contribution in [0.5, 0.6) is 5.75 Å². The van der Waals surface area contributed by atoms with Crippen molar-refractivity contribution in [2.45, 2.75) is 25.3 Å². The van der Waals surface area contributed by atoms with Gasteiger partial charge in [0.25, 0.3) is 0 Å². The van der Waals surface area contributed by atoms with Gasteiger partial charge in [-0.1, -0.05) is 12.2 Å². The van der Waals surface area contributed by atoms with Crippen LogP contribution in [0.2, 0.25) is 0 Å². The maximum absolute atomic E-state index is 11.7. The van der Waals surface area contributed by atoms with Crippen LogP contribution in [0.4, 0.5) is 0 Å².